The fourth-order valence-corrected chi connectivity index (χ4v) is 2.83. The molecular formula is C16H19N3O2S. The number of thioether (sulfide) groups is 1. The van der Waals surface area contributed by atoms with Crippen LogP contribution in [-0.2, 0) is 11.2 Å². The molecule has 1 unspecified atom stereocenters. The van der Waals surface area contributed by atoms with E-state index in [9.17, 15) is 9.59 Å². The summed E-state index contributed by atoms with van der Waals surface area (Å²) < 4.78 is 0. The third kappa shape index (κ3) is 5.04. The van der Waals surface area contributed by atoms with Gasteiger partial charge in [0.15, 0.2) is 5.16 Å². The number of hydrogen-bond acceptors (Lipinski definition) is 4. The second-order valence-corrected chi connectivity index (χ2v) is 6.31. The Hall–Kier alpha value is -2.08. The molecule has 5 nitrogen and oxygen atoms in total. The van der Waals surface area contributed by atoms with Gasteiger partial charge < -0.3 is 10.3 Å². The monoisotopic (exact) mass is 317 g/mol. The van der Waals surface area contributed by atoms with E-state index >= 15 is 0 Å². The smallest absolute Gasteiger partial charge is 0.251 e. The van der Waals surface area contributed by atoms with Crippen LogP contribution in [-0.4, -0.2) is 27.7 Å². The Morgan fingerprint density at radius 1 is 1.36 bits per heavy atom. The first-order chi connectivity index (χ1) is 10.5. The van der Waals surface area contributed by atoms with Gasteiger partial charge in [-0.2, -0.15) is 0 Å². The second kappa shape index (κ2) is 7.79. The zero-order chi connectivity index (χ0) is 15.9. The molecule has 1 aromatic carbocycles. The van der Waals surface area contributed by atoms with Crippen molar-refractivity contribution < 1.29 is 4.79 Å². The molecular weight excluding hydrogens is 298 g/mol. The van der Waals surface area contributed by atoms with Crippen LogP contribution in [0.5, 0.6) is 0 Å². The molecule has 2 aromatic rings. The lowest BCUT2D eigenvalue weighted by Gasteiger charge is -2.11. The highest BCUT2D eigenvalue weighted by Crippen LogP contribution is 2.18. The molecule has 0 aliphatic carbocycles. The van der Waals surface area contributed by atoms with Crippen LogP contribution in [0.2, 0.25) is 0 Å². The molecule has 2 rings (SSSR count). The number of carbonyl (C=O) groups is 1. The quantitative estimate of drug-likeness (QED) is 0.630. The normalized spacial score (nSPS) is 11.9. The Labute approximate surface area is 133 Å². The number of rotatable bonds is 6. The number of amides is 1. The van der Waals surface area contributed by atoms with Crippen LogP contribution in [0.15, 0.2) is 46.3 Å². The van der Waals surface area contributed by atoms with Crippen molar-refractivity contribution >= 4 is 17.7 Å². The van der Waals surface area contributed by atoms with Gasteiger partial charge >= 0.3 is 0 Å². The van der Waals surface area contributed by atoms with Crippen molar-refractivity contribution in [3.63, 3.8) is 0 Å². The molecule has 1 atom stereocenters. The van der Waals surface area contributed by atoms with Crippen molar-refractivity contribution in [2.45, 2.75) is 30.7 Å². The Kier molecular flexibility index (Phi) is 5.77. The lowest BCUT2D eigenvalue weighted by Crippen LogP contribution is -2.32. The minimum atomic E-state index is -0.319. The molecule has 1 heterocycles. The van der Waals surface area contributed by atoms with E-state index in [0.29, 0.717) is 17.4 Å². The summed E-state index contributed by atoms with van der Waals surface area (Å²) in [5, 5.41) is 3.05. The van der Waals surface area contributed by atoms with Crippen molar-refractivity contribution in [1.82, 2.24) is 15.3 Å². The molecule has 1 aromatic heterocycles. The van der Waals surface area contributed by atoms with E-state index in [1.54, 1.807) is 13.8 Å². The molecule has 0 aliphatic heterocycles. The Bertz CT molecular complexity index is 685. The van der Waals surface area contributed by atoms with Crippen LogP contribution >= 0.6 is 11.8 Å². The van der Waals surface area contributed by atoms with Gasteiger partial charge in [-0.1, -0.05) is 42.1 Å². The minimum absolute atomic E-state index is 0.0647. The topological polar surface area (TPSA) is 74.8 Å². The molecule has 6 heteroatoms. The summed E-state index contributed by atoms with van der Waals surface area (Å²) in [6, 6.07) is 11.4. The third-order valence-electron chi connectivity index (χ3n) is 3.06. The fraction of sp³-hybridized carbons (Fsp3) is 0.312. The number of benzene rings is 1. The van der Waals surface area contributed by atoms with Crippen LogP contribution in [0.4, 0.5) is 0 Å². The van der Waals surface area contributed by atoms with Crippen molar-refractivity contribution in [2.75, 3.05) is 6.54 Å². The minimum Gasteiger partial charge on any atom is -0.355 e. The number of aromatic nitrogens is 2. The van der Waals surface area contributed by atoms with Crippen LogP contribution in [0.3, 0.4) is 0 Å². The molecule has 2 N–H and O–H groups in total. The summed E-state index contributed by atoms with van der Waals surface area (Å²) in [6.07, 6.45) is 0.795. The highest BCUT2D eigenvalue weighted by Gasteiger charge is 2.15. The Balaban J connectivity index is 1.83. The van der Waals surface area contributed by atoms with Gasteiger partial charge in [0.2, 0.25) is 5.91 Å². The van der Waals surface area contributed by atoms with Crippen LogP contribution in [0.25, 0.3) is 0 Å². The van der Waals surface area contributed by atoms with E-state index in [1.807, 2.05) is 30.3 Å². The maximum absolute atomic E-state index is 12.1. The predicted octanol–water partition coefficient (Wildman–Crippen LogP) is 1.92. The van der Waals surface area contributed by atoms with Crippen molar-refractivity contribution in [3.8, 4) is 0 Å². The summed E-state index contributed by atoms with van der Waals surface area (Å²) in [5.41, 5.74) is 1.63. The number of H-pyrrole nitrogens is 1. The van der Waals surface area contributed by atoms with Gasteiger partial charge in [0.25, 0.3) is 5.56 Å². The summed E-state index contributed by atoms with van der Waals surface area (Å²) in [4.78, 5) is 30.3. The van der Waals surface area contributed by atoms with E-state index in [0.717, 1.165) is 6.42 Å². The fourth-order valence-electron chi connectivity index (χ4n) is 1.95. The maximum atomic E-state index is 12.1. The number of aromatic amines is 1. The van der Waals surface area contributed by atoms with Gasteiger partial charge in [0.1, 0.15) is 0 Å². The first kappa shape index (κ1) is 16.3. The number of carbonyl (C=O) groups excluding carboxylic acids is 1. The number of aryl methyl sites for hydroxylation is 1. The van der Waals surface area contributed by atoms with E-state index in [4.69, 9.17) is 0 Å². The van der Waals surface area contributed by atoms with Crippen LogP contribution in [0, 0.1) is 6.92 Å². The molecule has 0 radical (unpaired) electrons. The lowest BCUT2D eigenvalue weighted by atomic mass is 10.1. The van der Waals surface area contributed by atoms with Gasteiger partial charge in [-0.15, -0.1) is 0 Å². The van der Waals surface area contributed by atoms with Crippen molar-refractivity contribution in [3.05, 3.63) is 58.0 Å². The van der Waals surface area contributed by atoms with Gasteiger partial charge in [-0.3, -0.25) is 9.59 Å². The van der Waals surface area contributed by atoms with Gasteiger partial charge in [-0.25, -0.2) is 4.98 Å². The van der Waals surface area contributed by atoms with Gasteiger partial charge in [0.05, 0.1) is 5.25 Å². The maximum Gasteiger partial charge on any atom is 0.251 e. The second-order valence-electron chi connectivity index (χ2n) is 4.98. The summed E-state index contributed by atoms with van der Waals surface area (Å²) in [6.45, 7) is 4.14. The molecule has 0 spiro atoms. The zero-order valence-electron chi connectivity index (χ0n) is 12.6. The van der Waals surface area contributed by atoms with Crippen LogP contribution in [0.1, 0.15) is 18.2 Å². The standard InChI is InChI=1S/C16H19N3O2S/c1-11-10-14(20)19-16(18-11)22-12(2)15(21)17-9-8-13-6-4-3-5-7-13/h3-7,10,12H,8-9H2,1-2H3,(H,17,21)(H,18,19,20). The molecule has 0 saturated carbocycles. The number of nitrogens with one attached hydrogen (secondary N) is 2. The predicted molar refractivity (Wildman–Crippen MR) is 88.1 cm³/mol. The average Bonchev–Trinajstić information content (AvgIpc) is 2.47. The first-order valence-electron chi connectivity index (χ1n) is 7.11. The van der Waals surface area contributed by atoms with Crippen molar-refractivity contribution in [1.29, 1.82) is 0 Å². The summed E-state index contributed by atoms with van der Waals surface area (Å²) in [5.74, 6) is -0.0647. The largest absolute Gasteiger partial charge is 0.355 e. The molecule has 1 amide bonds. The molecule has 116 valence electrons. The van der Waals surface area contributed by atoms with E-state index in [-0.39, 0.29) is 16.7 Å². The van der Waals surface area contributed by atoms with Crippen molar-refractivity contribution in [2.24, 2.45) is 0 Å². The zero-order valence-corrected chi connectivity index (χ0v) is 13.4. The molecule has 22 heavy (non-hydrogen) atoms. The molecule has 0 saturated heterocycles. The first-order valence-corrected chi connectivity index (χ1v) is 7.99. The number of nitrogens with zero attached hydrogens (tertiary/aromatic N) is 1. The summed E-state index contributed by atoms with van der Waals surface area (Å²) in [7, 11) is 0. The number of hydrogen-bond donors (Lipinski definition) is 2. The SMILES string of the molecule is Cc1cc(=O)[nH]c(SC(C)C(=O)NCCc2ccccc2)n1. The molecule has 0 fully saturated rings. The van der Waals surface area contributed by atoms with Gasteiger partial charge in [0, 0.05) is 18.3 Å². The van der Waals surface area contributed by atoms with E-state index in [2.05, 4.69) is 15.3 Å². The highest BCUT2D eigenvalue weighted by molar-refractivity contribution is 8.00. The van der Waals surface area contributed by atoms with Gasteiger partial charge in [-0.05, 0) is 25.8 Å². The summed E-state index contributed by atoms with van der Waals surface area (Å²) >= 11 is 1.25. The van der Waals surface area contributed by atoms with E-state index in [1.165, 1.54) is 23.4 Å². The Morgan fingerprint density at radius 3 is 2.77 bits per heavy atom. The molecule has 0 bridgehead atoms. The third-order valence-corrected chi connectivity index (χ3v) is 4.05. The Morgan fingerprint density at radius 2 is 2.09 bits per heavy atom. The van der Waals surface area contributed by atoms with Crippen LogP contribution < -0.4 is 10.9 Å². The van der Waals surface area contributed by atoms with E-state index < -0.39 is 0 Å². The average molecular weight is 317 g/mol. The highest BCUT2D eigenvalue weighted by atomic mass is 32.2. The lowest BCUT2D eigenvalue weighted by molar-refractivity contribution is -0.120. The molecule has 0 aliphatic rings.